The van der Waals surface area contributed by atoms with E-state index < -0.39 is 10.0 Å². The Morgan fingerprint density at radius 1 is 1.30 bits per heavy atom. The van der Waals surface area contributed by atoms with E-state index in [0.29, 0.717) is 19.5 Å². The summed E-state index contributed by atoms with van der Waals surface area (Å²) in [6.07, 6.45) is 3.84. The molecule has 0 radical (unpaired) electrons. The molecular weight excluding hydrogens is 296 g/mol. The normalized spacial score (nSPS) is 11.7. The number of aromatic nitrogens is 2. The molecule has 0 aliphatic heterocycles. The Labute approximate surface area is 122 Å². The number of nitrogens with one attached hydrogen (secondary N) is 2. The Morgan fingerprint density at radius 3 is 2.75 bits per heavy atom. The predicted octanol–water partition coefficient (Wildman–Crippen LogP) is 0.778. The third kappa shape index (κ3) is 4.07. The molecular formula is C12H16N4O2S2. The monoisotopic (exact) mass is 312 g/mol. The molecule has 2 rings (SSSR count). The van der Waals surface area contributed by atoms with Gasteiger partial charge in [0.2, 0.25) is 0 Å². The predicted molar refractivity (Wildman–Crippen MR) is 78.0 cm³/mol. The van der Waals surface area contributed by atoms with E-state index >= 15 is 0 Å². The van der Waals surface area contributed by atoms with Gasteiger partial charge in [0, 0.05) is 37.3 Å². The van der Waals surface area contributed by atoms with Gasteiger partial charge < -0.3 is 5.32 Å². The van der Waals surface area contributed by atoms with Crippen molar-refractivity contribution in [1.82, 2.24) is 20.0 Å². The highest BCUT2D eigenvalue weighted by Crippen LogP contribution is 2.08. The minimum atomic E-state index is -3.55. The summed E-state index contributed by atoms with van der Waals surface area (Å²) in [7, 11) is -1.73. The van der Waals surface area contributed by atoms with Gasteiger partial charge in [0.1, 0.15) is 0 Å². The molecule has 6 nitrogen and oxygen atoms in total. The van der Waals surface area contributed by atoms with Crippen LogP contribution in [-0.4, -0.2) is 32.0 Å². The molecule has 0 saturated carbocycles. The topological polar surface area (TPSA) is 84.0 Å². The summed E-state index contributed by atoms with van der Waals surface area (Å²) in [5, 5.41) is 5.79. The molecule has 0 aromatic carbocycles. The van der Waals surface area contributed by atoms with Gasteiger partial charge in [0.15, 0.2) is 5.03 Å². The van der Waals surface area contributed by atoms with Crippen LogP contribution in [0.5, 0.6) is 0 Å². The first-order chi connectivity index (χ1) is 9.62. The molecule has 0 aliphatic rings. The summed E-state index contributed by atoms with van der Waals surface area (Å²) in [6, 6.07) is 3.26. The molecule has 0 saturated heterocycles. The maximum atomic E-state index is 12.0. The van der Waals surface area contributed by atoms with Crippen LogP contribution in [0, 0.1) is 0 Å². The molecule has 8 heteroatoms. The van der Waals surface area contributed by atoms with Crippen LogP contribution in [0.15, 0.2) is 34.9 Å². The lowest BCUT2D eigenvalue weighted by Crippen LogP contribution is -2.26. The van der Waals surface area contributed by atoms with Crippen LogP contribution in [-0.2, 0) is 23.0 Å². The molecule has 20 heavy (non-hydrogen) atoms. The van der Waals surface area contributed by atoms with Crippen LogP contribution >= 0.6 is 11.3 Å². The van der Waals surface area contributed by atoms with E-state index in [-0.39, 0.29) is 5.03 Å². The summed E-state index contributed by atoms with van der Waals surface area (Å²) in [4.78, 5) is 8.08. The van der Waals surface area contributed by atoms with Crippen molar-refractivity contribution in [1.29, 1.82) is 0 Å². The number of hydrogen-bond acceptors (Lipinski definition) is 6. The van der Waals surface area contributed by atoms with Gasteiger partial charge in [-0.25, -0.2) is 23.1 Å². The zero-order chi connectivity index (χ0) is 14.4. The summed E-state index contributed by atoms with van der Waals surface area (Å²) >= 11 is 1.51. The smallest absolute Gasteiger partial charge is 0.258 e. The third-order valence-electron chi connectivity index (χ3n) is 2.57. The number of thiazole rings is 1. The molecule has 0 atom stereocenters. The second-order valence-electron chi connectivity index (χ2n) is 4.11. The van der Waals surface area contributed by atoms with E-state index in [1.54, 1.807) is 18.5 Å². The van der Waals surface area contributed by atoms with Crippen molar-refractivity contribution in [2.45, 2.75) is 18.0 Å². The molecule has 0 amide bonds. The fourth-order valence-electron chi connectivity index (χ4n) is 1.62. The van der Waals surface area contributed by atoms with Crippen LogP contribution < -0.4 is 10.0 Å². The molecule has 2 aromatic heterocycles. The maximum Gasteiger partial charge on any atom is 0.258 e. The Hall–Kier alpha value is -1.35. The summed E-state index contributed by atoms with van der Waals surface area (Å²) in [6.45, 7) is 0.973. The first-order valence-corrected chi connectivity index (χ1v) is 8.45. The van der Waals surface area contributed by atoms with Crippen molar-refractivity contribution >= 4 is 21.4 Å². The lowest BCUT2D eigenvalue weighted by molar-refractivity contribution is 0.577. The highest BCUT2D eigenvalue weighted by atomic mass is 32.2. The van der Waals surface area contributed by atoms with E-state index in [1.165, 1.54) is 17.4 Å². The Bertz CT molecular complexity index is 624. The zero-order valence-electron chi connectivity index (χ0n) is 11.0. The fourth-order valence-corrected chi connectivity index (χ4v) is 3.20. The van der Waals surface area contributed by atoms with Crippen LogP contribution in [0.2, 0.25) is 0 Å². The molecule has 0 aliphatic carbocycles. The van der Waals surface area contributed by atoms with E-state index in [9.17, 15) is 8.42 Å². The van der Waals surface area contributed by atoms with Crippen molar-refractivity contribution in [3.8, 4) is 0 Å². The number of pyridine rings is 1. The molecule has 108 valence electrons. The second-order valence-corrected chi connectivity index (χ2v) is 6.80. The lowest BCUT2D eigenvalue weighted by atomic mass is 10.3. The average molecular weight is 312 g/mol. The van der Waals surface area contributed by atoms with E-state index in [4.69, 9.17) is 0 Å². The van der Waals surface area contributed by atoms with Crippen LogP contribution in [0.3, 0.4) is 0 Å². The van der Waals surface area contributed by atoms with Gasteiger partial charge in [-0.2, -0.15) is 0 Å². The van der Waals surface area contributed by atoms with Gasteiger partial charge in [-0.1, -0.05) is 6.07 Å². The molecule has 0 bridgehead atoms. The van der Waals surface area contributed by atoms with Crippen LogP contribution in [0.4, 0.5) is 0 Å². The average Bonchev–Trinajstić information content (AvgIpc) is 2.93. The SMILES string of the molecule is CNCc1ccc(S(=O)(=O)NCCc2nccs2)nc1. The van der Waals surface area contributed by atoms with Gasteiger partial charge in [0.25, 0.3) is 10.0 Å². The van der Waals surface area contributed by atoms with Crippen molar-refractivity contribution in [2.24, 2.45) is 0 Å². The number of hydrogen-bond donors (Lipinski definition) is 2. The van der Waals surface area contributed by atoms with E-state index in [2.05, 4.69) is 20.0 Å². The first-order valence-electron chi connectivity index (χ1n) is 6.09. The fraction of sp³-hybridized carbons (Fsp3) is 0.333. The van der Waals surface area contributed by atoms with Crippen molar-refractivity contribution in [2.75, 3.05) is 13.6 Å². The van der Waals surface area contributed by atoms with Gasteiger partial charge >= 0.3 is 0 Å². The van der Waals surface area contributed by atoms with Crippen molar-refractivity contribution in [3.05, 3.63) is 40.5 Å². The minimum absolute atomic E-state index is 0.0384. The highest BCUT2D eigenvalue weighted by Gasteiger charge is 2.14. The van der Waals surface area contributed by atoms with Gasteiger partial charge in [-0.05, 0) is 18.7 Å². The molecule has 0 unspecified atom stereocenters. The molecule has 0 spiro atoms. The van der Waals surface area contributed by atoms with E-state index in [0.717, 1.165) is 10.6 Å². The molecule has 2 N–H and O–H groups in total. The number of rotatable bonds is 7. The Balaban J connectivity index is 1.95. The van der Waals surface area contributed by atoms with Crippen LogP contribution in [0.1, 0.15) is 10.6 Å². The molecule has 2 heterocycles. The summed E-state index contributed by atoms with van der Waals surface area (Å²) in [5.74, 6) is 0. The Morgan fingerprint density at radius 2 is 2.15 bits per heavy atom. The largest absolute Gasteiger partial charge is 0.316 e. The summed E-state index contributed by atoms with van der Waals surface area (Å²) < 4.78 is 26.6. The number of sulfonamides is 1. The van der Waals surface area contributed by atoms with Crippen LogP contribution in [0.25, 0.3) is 0 Å². The van der Waals surface area contributed by atoms with Crippen molar-refractivity contribution < 1.29 is 8.42 Å². The standard InChI is InChI=1S/C12H16N4O2S2/c1-13-8-10-2-3-12(15-9-10)20(17,18)16-5-4-11-14-6-7-19-11/h2-3,6-7,9,13,16H,4-5,8H2,1H3. The maximum absolute atomic E-state index is 12.0. The van der Waals surface area contributed by atoms with Gasteiger partial charge in [-0.3, -0.25) is 0 Å². The minimum Gasteiger partial charge on any atom is -0.316 e. The molecule has 0 fully saturated rings. The zero-order valence-corrected chi connectivity index (χ0v) is 12.7. The van der Waals surface area contributed by atoms with Crippen molar-refractivity contribution in [3.63, 3.8) is 0 Å². The Kier molecular flexibility index (Phi) is 5.18. The van der Waals surface area contributed by atoms with Gasteiger partial charge in [-0.15, -0.1) is 11.3 Å². The van der Waals surface area contributed by atoms with Gasteiger partial charge in [0.05, 0.1) is 5.01 Å². The summed E-state index contributed by atoms with van der Waals surface area (Å²) in [5.41, 5.74) is 0.939. The highest BCUT2D eigenvalue weighted by molar-refractivity contribution is 7.89. The van der Waals surface area contributed by atoms with E-state index in [1.807, 2.05) is 12.4 Å². The number of nitrogens with zero attached hydrogens (tertiary/aromatic N) is 2. The second kappa shape index (κ2) is 6.89. The lowest BCUT2D eigenvalue weighted by Gasteiger charge is -2.06. The molecule has 2 aromatic rings. The third-order valence-corrected chi connectivity index (χ3v) is 4.78. The first kappa shape index (κ1) is 15.0. The quantitative estimate of drug-likeness (QED) is 0.789.